The monoisotopic (exact) mass is 295 g/mol. The minimum absolute atomic E-state index is 0.0195. The lowest BCUT2D eigenvalue weighted by atomic mass is 9.83. The Hall–Kier alpha value is -2.42. The summed E-state index contributed by atoms with van der Waals surface area (Å²) >= 11 is 0. The van der Waals surface area contributed by atoms with Crippen molar-refractivity contribution in [2.75, 3.05) is 5.32 Å². The molecular weight excluding hydrogens is 274 g/mol. The first-order chi connectivity index (χ1) is 10.3. The van der Waals surface area contributed by atoms with Crippen molar-refractivity contribution >= 4 is 17.4 Å². The van der Waals surface area contributed by atoms with Crippen molar-refractivity contribution in [3.8, 4) is 0 Å². The number of anilines is 1. The van der Waals surface area contributed by atoms with Gasteiger partial charge in [0.05, 0.1) is 5.41 Å². The van der Waals surface area contributed by atoms with E-state index in [9.17, 15) is 9.59 Å². The fourth-order valence-electron chi connectivity index (χ4n) is 2.20. The van der Waals surface area contributed by atoms with Crippen LogP contribution in [0, 0.1) is 6.92 Å². The third-order valence-electron chi connectivity index (χ3n) is 3.87. The zero-order valence-electron chi connectivity index (χ0n) is 13.4. The van der Waals surface area contributed by atoms with E-state index in [2.05, 4.69) is 5.32 Å². The van der Waals surface area contributed by atoms with Crippen molar-refractivity contribution in [2.45, 2.75) is 33.1 Å². The molecule has 0 saturated heterocycles. The smallest absolute Gasteiger partial charge is 0.234 e. The second kappa shape index (κ2) is 6.14. The third-order valence-corrected chi connectivity index (χ3v) is 3.87. The van der Waals surface area contributed by atoms with Gasteiger partial charge in [0, 0.05) is 11.3 Å². The van der Waals surface area contributed by atoms with Crippen LogP contribution in [-0.2, 0) is 10.2 Å². The van der Waals surface area contributed by atoms with Gasteiger partial charge in [0.15, 0.2) is 5.78 Å². The number of carbonyl (C=O) groups excluding carboxylic acids is 2. The van der Waals surface area contributed by atoms with Crippen LogP contribution in [0.1, 0.15) is 42.3 Å². The van der Waals surface area contributed by atoms with Gasteiger partial charge in [0.1, 0.15) is 0 Å². The van der Waals surface area contributed by atoms with Crippen molar-refractivity contribution in [3.63, 3.8) is 0 Å². The standard InChI is InChI=1S/C19H21NO2/c1-13-8-10-16(11-9-13)19(3,4)18(22)20-17-7-5-6-15(12-17)14(2)21/h5-12H,1-4H3,(H,20,22). The topological polar surface area (TPSA) is 46.2 Å². The van der Waals surface area contributed by atoms with Crippen LogP contribution in [0.4, 0.5) is 5.69 Å². The molecule has 22 heavy (non-hydrogen) atoms. The van der Waals surface area contributed by atoms with Crippen LogP contribution in [0.5, 0.6) is 0 Å². The molecule has 1 N–H and O–H groups in total. The Bertz CT molecular complexity index is 700. The molecule has 0 atom stereocenters. The Morgan fingerprint density at radius 3 is 2.23 bits per heavy atom. The van der Waals surface area contributed by atoms with Gasteiger partial charge in [-0.05, 0) is 45.4 Å². The van der Waals surface area contributed by atoms with Gasteiger partial charge in [-0.3, -0.25) is 9.59 Å². The Kier molecular flexibility index (Phi) is 4.45. The van der Waals surface area contributed by atoms with E-state index < -0.39 is 5.41 Å². The number of Topliss-reactive ketones (excluding diaryl/α,β-unsaturated/α-hetero) is 1. The number of nitrogens with one attached hydrogen (secondary N) is 1. The SMILES string of the molecule is CC(=O)c1cccc(NC(=O)C(C)(C)c2ccc(C)cc2)c1. The molecule has 2 aromatic rings. The highest BCUT2D eigenvalue weighted by molar-refractivity contribution is 6.00. The molecule has 0 aliphatic carbocycles. The molecule has 0 spiro atoms. The maximum Gasteiger partial charge on any atom is 0.234 e. The summed E-state index contributed by atoms with van der Waals surface area (Å²) in [4.78, 5) is 24.0. The van der Waals surface area contributed by atoms with E-state index in [-0.39, 0.29) is 11.7 Å². The second-order valence-electron chi connectivity index (χ2n) is 6.08. The van der Waals surface area contributed by atoms with Gasteiger partial charge in [0.25, 0.3) is 0 Å². The number of ketones is 1. The van der Waals surface area contributed by atoms with Crippen LogP contribution in [0.3, 0.4) is 0 Å². The minimum atomic E-state index is -0.653. The molecule has 0 fully saturated rings. The lowest BCUT2D eigenvalue weighted by molar-refractivity contribution is -0.120. The number of hydrogen-bond donors (Lipinski definition) is 1. The van der Waals surface area contributed by atoms with Crippen molar-refractivity contribution in [3.05, 3.63) is 65.2 Å². The van der Waals surface area contributed by atoms with Crippen molar-refractivity contribution < 1.29 is 9.59 Å². The zero-order valence-corrected chi connectivity index (χ0v) is 13.4. The van der Waals surface area contributed by atoms with E-state index in [1.54, 1.807) is 24.3 Å². The van der Waals surface area contributed by atoms with Crippen LogP contribution in [0.25, 0.3) is 0 Å². The average molecular weight is 295 g/mol. The van der Waals surface area contributed by atoms with Crippen LogP contribution >= 0.6 is 0 Å². The molecule has 0 aliphatic rings. The quantitative estimate of drug-likeness (QED) is 0.863. The molecule has 0 aliphatic heterocycles. The maximum atomic E-state index is 12.6. The molecule has 2 rings (SSSR count). The molecule has 114 valence electrons. The van der Waals surface area contributed by atoms with E-state index in [4.69, 9.17) is 0 Å². The van der Waals surface area contributed by atoms with Crippen molar-refractivity contribution in [1.82, 2.24) is 0 Å². The van der Waals surface area contributed by atoms with Gasteiger partial charge in [-0.25, -0.2) is 0 Å². The number of rotatable bonds is 4. The molecule has 3 nitrogen and oxygen atoms in total. The fraction of sp³-hybridized carbons (Fsp3) is 0.263. The summed E-state index contributed by atoms with van der Waals surface area (Å²) in [7, 11) is 0. The van der Waals surface area contributed by atoms with Gasteiger partial charge < -0.3 is 5.32 Å². The number of carbonyl (C=O) groups is 2. The summed E-state index contributed by atoms with van der Waals surface area (Å²) in [6, 6.07) is 14.9. The molecule has 1 amide bonds. The highest BCUT2D eigenvalue weighted by Gasteiger charge is 2.29. The first-order valence-electron chi connectivity index (χ1n) is 7.30. The highest BCUT2D eigenvalue weighted by Crippen LogP contribution is 2.25. The predicted octanol–water partition coefficient (Wildman–Crippen LogP) is 4.11. The first kappa shape index (κ1) is 16.0. The molecule has 2 aromatic carbocycles. The molecule has 3 heteroatoms. The van der Waals surface area contributed by atoms with E-state index >= 15 is 0 Å². The zero-order chi connectivity index (χ0) is 16.3. The summed E-state index contributed by atoms with van der Waals surface area (Å²) < 4.78 is 0. The summed E-state index contributed by atoms with van der Waals surface area (Å²) in [5, 5.41) is 2.90. The van der Waals surface area contributed by atoms with Gasteiger partial charge >= 0.3 is 0 Å². The summed E-state index contributed by atoms with van der Waals surface area (Å²) in [5.74, 6) is -0.119. The van der Waals surface area contributed by atoms with Crippen LogP contribution < -0.4 is 5.32 Å². The highest BCUT2D eigenvalue weighted by atomic mass is 16.2. The van der Waals surface area contributed by atoms with Crippen LogP contribution in [0.2, 0.25) is 0 Å². The first-order valence-corrected chi connectivity index (χ1v) is 7.30. The number of hydrogen-bond acceptors (Lipinski definition) is 2. The second-order valence-corrected chi connectivity index (χ2v) is 6.08. The molecule has 0 radical (unpaired) electrons. The van der Waals surface area contributed by atoms with Gasteiger partial charge in [-0.1, -0.05) is 42.0 Å². The number of amides is 1. The van der Waals surface area contributed by atoms with E-state index in [0.717, 1.165) is 11.1 Å². The van der Waals surface area contributed by atoms with E-state index in [1.807, 2.05) is 45.0 Å². The lowest BCUT2D eigenvalue weighted by Crippen LogP contribution is -2.34. The molecular formula is C19H21NO2. The Balaban J connectivity index is 2.22. The average Bonchev–Trinajstić information content (AvgIpc) is 2.48. The summed E-state index contributed by atoms with van der Waals surface area (Å²) in [5.41, 5.74) is 2.69. The predicted molar refractivity (Wildman–Crippen MR) is 89.3 cm³/mol. The summed E-state index contributed by atoms with van der Waals surface area (Å²) in [6.07, 6.45) is 0. The summed E-state index contributed by atoms with van der Waals surface area (Å²) in [6.45, 7) is 7.31. The van der Waals surface area contributed by atoms with Crippen molar-refractivity contribution in [2.24, 2.45) is 0 Å². The molecule has 0 heterocycles. The van der Waals surface area contributed by atoms with Crippen LogP contribution in [0.15, 0.2) is 48.5 Å². The normalized spacial score (nSPS) is 11.1. The van der Waals surface area contributed by atoms with Gasteiger partial charge in [-0.15, -0.1) is 0 Å². The van der Waals surface area contributed by atoms with E-state index in [1.165, 1.54) is 6.92 Å². The minimum Gasteiger partial charge on any atom is -0.325 e. The third kappa shape index (κ3) is 3.42. The van der Waals surface area contributed by atoms with Crippen LogP contribution in [-0.4, -0.2) is 11.7 Å². The fourth-order valence-corrected chi connectivity index (χ4v) is 2.20. The molecule has 0 bridgehead atoms. The molecule has 0 aromatic heterocycles. The Morgan fingerprint density at radius 1 is 1.00 bits per heavy atom. The maximum absolute atomic E-state index is 12.6. The molecule has 0 unspecified atom stereocenters. The van der Waals surface area contributed by atoms with Crippen molar-refractivity contribution in [1.29, 1.82) is 0 Å². The van der Waals surface area contributed by atoms with Gasteiger partial charge in [-0.2, -0.15) is 0 Å². The number of benzene rings is 2. The van der Waals surface area contributed by atoms with Gasteiger partial charge in [0.2, 0.25) is 5.91 Å². The number of aryl methyl sites for hydroxylation is 1. The molecule has 0 saturated carbocycles. The Labute approximate surface area is 131 Å². The lowest BCUT2D eigenvalue weighted by Gasteiger charge is -2.24. The largest absolute Gasteiger partial charge is 0.325 e. The Morgan fingerprint density at radius 2 is 1.64 bits per heavy atom. The van der Waals surface area contributed by atoms with E-state index in [0.29, 0.717) is 11.3 Å².